The molecular formula is C34H30F3N5O. The molecule has 4 aromatic carbocycles. The molecule has 7 rings (SSSR count). The maximum atomic E-state index is 15.5. The highest BCUT2D eigenvalue weighted by atomic mass is 19.1. The van der Waals surface area contributed by atoms with Gasteiger partial charge in [0.15, 0.2) is 17.4 Å². The van der Waals surface area contributed by atoms with Crippen molar-refractivity contribution in [3.63, 3.8) is 0 Å². The van der Waals surface area contributed by atoms with E-state index in [1.54, 1.807) is 18.2 Å². The molecular weight excluding hydrogens is 551 g/mol. The average Bonchev–Trinajstić information content (AvgIpc) is 3.02. The van der Waals surface area contributed by atoms with Gasteiger partial charge in [0.05, 0.1) is 18.4 Å². The molecule has 0 bridgehead atoms. The number of anilines is 4. The van der Waals surface area contributed by atoms with Crippen molar-refractivity contribution >= 4 is 33.8 Å². The van der Waals surface area contributed by atoms with E-state index in [0.29, 0.717) is 30.1 Å². The first-order valence-corrected chi connectivity index (χ1v) is 14.4. The van der Waals surface area contributed by atoms with Crippen molar-refractivity contribution in [3.05, 3.63) is 102 Å². The number of rotatable bonds is 5. The monoisotopic (exact) mass is 581 g/mol. The number of benzene rings is 4. The summed E-state index contributed by atoms with van der Waals surface area (Å²) in [6.07, 6.45) is 2.85. The molecule has 5 aromatic rings. The van der Waals surface area contributed by atoms with Gasteiger partial charge < -0.3 is 19.9 Å². The van der Waals surface area contributed by atoms with Gasteiger partial charge in [0.1, 0.15) is 18.1 Å². The predicted octanol–water partition coefficient (Wildman–Crippen LogP) is 7.80. The van der Waals surface area contributed by atoms with Crippen LogP contribution in [0.15, 0.2) is 79.0 Å². The third kappa shape index (κ3) is 5.25. The molecule has 6 nitrogen and oxygen atoms in total. The van der Waals surface area contributed by atoms with Crippen LogP contribution in [0.2, 0.25) is 0 Å². The number of halogens is 3. The molecule has 0 saturated carbocycles. The van der Waals surface area contributed by atoms with Crippen molar-refractivity contribution in [1.82, 2.24) is 14.9 Å². The van der Waals surface area contributed by atoms with Gasteiger partial charge in [0, 0.05) is 22.3 Å². The summed E-state index contributed by atoms with van der Waals surface area (Å²) in [4.78, 5) is 12.7. The molecule has 0 atom stereocenters. The maximum absolute atomic E-state index is 15.5. The normalized spacial score (nSPS) is 15.8. The smallest absolute Gasteiger partial charge is 0.227 e. The first kappa shape index (κ1) is 27.2. The van der Waals surface area contributed by atoms with Gasteiger partial charge in [-0.05, 0) is 80.2 Å². The van der Waals surface area contributed by atoms with Crippen LogP contribution >= 0.6 is 0 Å². The fourth-order valence-corrected chi connectivity index (χ4v) is 6.13. The molecule has 1 N–H and O–H groups in total. The van der Waals surface area contributed by atoms with E-state index in [-0.39, 0.29) is 34.7 Å². The minimum Gasteiger partial charge on any atom is -0.486 e. The van der Waals surface area contributed by atoms with Gasteiger partial charge in [-0.1, -0.05) is 42.5 Å². The molecule has 43 heavy (non-hydrogen) atoms. The van der Waals surface area contributed by atoms with Crippen LogP contribution in [0, 0.1) is 17.5 Å². The predicted molar refractivity (Wildman–Crippen MR) is 163 cm³/mol. The number of nitrogens with zero attached hydrogens (tertiary/aromatic N) is 4. The van der Waals surface area contributed by atoms with Crippen LogP contribution in [0.25, 0.3) is 22.0 Å². The third-order valence-corrected chi connectivity index (χ3v) is 8.37. The molecule has 1 fully saturated rings. The lowest BCUT2D eigenvalue weighted by atomic mass is 9.89. The van der Waals surface area contributed by atoms with Gasteiger partial charge in [-0.15, -0.1) is 0 Å². The SMILES string of the molecule is CN1CCC(c2ccc(Nc3ncc(F)c(-c4cc(F)c5c(c4)N(c4cccc6ccccc46)CCO5)n3)cc2F)CC1. The number of aromatic nitrogens is 2. The van der Waals surface area contributed by atoms with Crippen LogP contribution in [-0.2, 0) is 0 Å². The van der Waals surface area contributed by atoms with E-state index in [1.807, 2.05) is 47.4 Å². The number of piperidine rings is 1. The average molecular weight is 582 g/mol. The second-order valence-corrected chi connectivity index (χ2v) is 11.1. The highest BCUT2D eigenvalue weighted by Crippen LogP contribution is 2.43. The highest BCUT2D eigenvalue weighted by Gasteiger charge is 2.26. The van der Waals surface area contributed by atoms with E-state index in [9.17, 15) is 0 Å². The lowest BCUT2D eigenvalue weighted by Gasteiger charge is -2.32. The number of hydrogen-bond donors (Lipinski definition) is 1. The van der Waals surface area contributed by atoms with Crippen LogP contribution in [0.3, 0.4) is 0 Å². The fourth-order valence-electron chi connectivity index (χ4n) is 6.13. The van der Waals surface area contributed by atoms with Gasteiger partial charge in [-0.25, -0.2) is 23.1 Å². The Morgan fingerprint density at radius 1 is 0.837 bits per heavy atom. The first-order chi connectivity index (χ1) is 20.9. The summed E-state index contributed by atoms with van der Waals surface area (Å²) in [6.45, 7) is 2.66. The Balaban J connectivity index is 1.21. The van der Waals surface area contributed by atoms with Crippen molar-refractivity contribution in [3.8, 4) is 17.0 Å². The Morgan fingerprint density at radius 3 is 2.49 bits per heavy atom. The standard InChI is InChI=1S/C34H30F3N5O/c1-41-13-11-22(12-14-41)25-10-9-24(19-27(25)35)39-34-38-20-29(37)32(40-34)23-17-28(36)33-31(18-23)42(15-16-43-33)30-8-4-6-21-5-2-3-7-26(21)30/h2-10,17-20,22H,11-16H2,1H3,(H,38,39,40). The van der Waals surface area contributed by atoms with E-state index in [0.717, 1.165) is 48.6 Å². The summed E-state index contributed by atoms with van der Waals surface area (Å²) < 4.78 is 51.5. The molecule has 0 radical (unpaired) electrons. The molecule has 2 aliphatic heterocycles. The Labute approximate surface area is 247 Å². The minimum atomic E-state index is -0.706. The zero-order chi connectivity index (χ0) is 29.5. The summed E-state index contributed by atoms with van der Waals surface area (Å²) in [5.74, 6) is -1.26. The molecule has 0 aliphatic carbocycles. The number of nitrogens with one attached hydrogen (secondary N) is 1. The fraction of sp³-hybridized carbons (Fsp3) is 0.235. The Kier molecular flexibility index (Phi) is 7.10. The van der Waals surface area contributed by atoms with Gasteiger partial charge >= 0.3 is 0 Å². The highest BCUT2D eigenvalue weighted by molar-refractivity contribution is 5.97. The molecule has 0 amide bonds. The summed E-state index contributed by atoms with van der Waals surface area (Å²) in [5, 5.41) is 5.05. The Bertz CT molecular complexity index is 1820. The summed E-state index contributed by atoms with van der Waals surface area (Å²) >= 11 is 0. The lowest BCUT2D eigenvalue weighted by molar-refractivity contribution is 0.253. The van der Waals surface area contributed by atoms with Crippen LogP contribution in [0.1, 0.15) is 24.3 Å². The molecule has 3 heterocycles. The van der Waals surface area contributed by atoms with Gasteiger partial charge in [-0.2, -0.15) is 0 Å². The second kappa shape index (κ2) is 11.2. The van der Waals surface area contributed by atoms with Crippen LogP contribution in [0.5, 0.6) is 5.75 Å². The van der Waals surface area contributed by atoms with E-state index in [4.69, 9.17) is 4.74 Å². The maximum Gasteiger partial charge on any atom is 0.227 e. The van der Waals surface area contributed by atoms with Crippen molar-refractivity contribution in [2.24, 2.45) is 0 Å². The van der Waals surface area contributed by atoms with Gasteiger partial charge in [-0.3, -0.25) is 0 Å². The molecule has 218 valence electrons. The van der Waals surface area contributed by atoms with Crippen molar-refractivity contribution in [2.45, 2.75) is 18.8 Å². The quantitative estimate of drug-likeness (QED) is 0.229. The lowest BCUT2D eigenvalue weighted by Crippen LogP contribution is -2.29. The molecule has 9 heteroatoms. The zero-order valence-electron chi connectivity index (χ0n) is 23.7. The number of likely N-dealkylation sites (tertiary alicyclic amines) is 1. The molecule has 0 spiro atoms. The number of fused-ring (bicyclic) bond motifs is 2. The number of hydrogen-bond acceptors (Lipinski definition) is 6. The van der Waals surface area contributed by atoms with E-state index < -0.39 is 11.6 Å². The Morgan fingerprint density at radius 2 is 1.65 bits per heavy atom. The molecule has 1 aromatic heterocycles. The summed E-state index contributed by atoms with van der Waals surface area (Å²) in [7, 11) is 2.07. The van der Waals surface area contributed by atoms with Crippen molar-refractivity contribution in [1.29, 1.82) is 0 Å². The molecule has 2 aliphatic rings. The van der Waals surface area contributed by atoms with Crippen LogP contribution < -0.4 is 15.0 Å². The summed E-state index contributed by atoms with van der Waals surface area (Å²) in [6, 6.07) is 21.8. The molecule has 1 saturated heterocycles. The van der Waals surface area contributed by atoms with Gasteiger partial charge in [0.2, 0.25) is 5.95 Å². The van der Waals surface area contributed by atoms with Crippen LogP contribution in [0.4, 0.5) is 36.2 Å². The minimum absolute atomic E-state index is 0.0723. The van der Waals surface area contributed by atoms with Gasteiger partial charge in [0.25, 0.3) is 0 Å². The second-order valence-electron chi connectivity index (χ2n) is 11.1. The Hall–Kier alpha value is -4.63. The third-order valence-electron chi connectivity index (χ3n) is 8.37. The van der Waals surface area contributed by atoms with Crippen LogP contribution in [-0.4, -0.2) is 48.2 Å². The summed E-state index contributed by atoms with van der Waals surface area (Å²) in [5.41, 5.74) is 2.68. The van der Waals surface area contributed by atoms with Crippen molar-refractivity contribution in [2.75, 3.05) is 43.5 Å². The van der Waals surface area contributed by atoms with Crippen molar-refractivity contribution < 1.29 is 17.9 Å². The first-order valence-electron chi connectivity index (χ1n) is 14.4. The topological polar surface area (TPSA) is 53.5 Å². The van der Waals surface area contributed by atoms with E-state index in [2.05, 4.69) is 27.2 Å². The molecule has 0 unspecified atom stereocenters. The van der Waals surface area contributed by atoms with E-state index in [1.165, 1.54) is 12.1 Å². The zero-order valence-corrected chi connectivity index (χ0v) is 23.7. The van der Waals surface area contributed by atoms with E-state index >= 15 is 13.2 Å². The largest absolute Gasteiger partial charge is 0.486 e. The number of ether oxygens (including phenoxy) is 1.